The maximum atomic E-state index is 5.45. The highest BCUT2D eigenvalue weighted by Crippen LogP contribution is 2.18. The summed E-state index contributed by atoms with van der Waals surface area (Å²) in [6.45, 7) is 10.1. The largest absolute Gasteiger partial charge is 0.377 e. The fraction of sp³-hybridized carbons (Fsp3) is 0.917. The number of hydrogen-bond donors (Lipinski definition) is 1. The highest BCUT2D eigenvalue weighted by Gasteiger charge is 2.20. The van der Waals surface area contributed by atoms with Crippen LogP contribution in [0.15, 0.2) is 4.99 Å². The summed E-state index contributed by atoms with van der Waals surface area (Å²) in [7, 11) is 0. The van der Waals surface area contributed by atoms with Gasteiger partial charge in [-0.2, -0.15) is 0 Å². The fourth-order valence-corrected chi connectivity index (χ4v) is 2.67. The Hall–Kier alpha value is -0.220. The van der Waals surface area contributed by atoms with E-state index < -0.39 is 0 Å². The molecule has 0 spiro atoms. The Morgan fingerprint density at radius 3 is 2.81 bits per heavy atom. The molecule has 1 heterocycles. The number of hydrogen-bond acceptors (Lipinski definition) is 3. The van der Waals surface area contributed by atoms with Crippen molar-refractivity contribution >= 4 is 16.9 Å². The molecule has 16 heavy (non-hydrogen) atoms. The third kappa shape index (κ3) is 5.75. The monoisotopic (exact) mass is 244 g/mol. The molecular weight excluding hydrogens is 220 g/mol. The second kappa shape index (κ2) is 7.17. The van der Waals surface area contributed by atoms with Gasteiger partial charge in [-0.15, -0.1) is 0 Å². The summed E-state index contributed by atoms with van der Waals surface area (Å²) in [5.41, 5.74) is 0. The van der Waals surface area contributed by atoms with Crippen molar-refractivity contribution in [2.24, 2.45) is 10.9 Å². The van der Waals surface area contributed by atoms with Crippen LogP contribution in [0.25, 0.3) is 0 Å². The number of nitrogens with one attached hydrogen (secondary N) is 1. The summed E-state index contributed by atoms with van der Waals surface area (Å²) >= 11 is 1.83. The molecule has 1 saturated heterocycles. The van der Waals surface area contributed by atoms with Crippen molar-refractivity contribution in [2.45, 2.75) is 46.3 Å². The Bertz CT molecular complexity index is 229. The molecule has 0 radical (unpaired) electrons. The molecule has 0 amide bonds. The van der Waals surface area contributed by atoms with E-state index >= 15 is 0 Å². The maximum absolute atomic E-state index is 5.45. The van der Waals surface area contributed by atoms with E-state index in [2.05, 4.69) is 24.2 Å². The first-order chi connectivity index (χ1) is 7.58. The first-order valence-corrected chi connectivity index (χ1v) is 7.12. The number of rotatable bonds is 6. The first kappa shape index (κ1) is 13.8. The lowest BCUT2D eigenvalue weighted by Gasteiger charge is -2.11. The molecule has 0 aromatic heterocycles. The van der Waals surface area contributed by atoms with Crippen molar-refractivity contribution in [3.63, 3.8) is 0 Å². The molecule has 0 aliphatic carbocycles. The van der Waals surface area contributed by atoms with Crippen molar-refractivity contribution < 1.29 is 4.74 Å². The average Bonchev–Trinajstić information content (AvgIpc) is 2.59. The van der Waals surface area contributed by atoms with E-state index in [1.807, 2.05) is 25.6 Å². The average molecular weight is 244 g/mol. The summed E-state index contributed by atoms with van der Waals surface area (Å²) in [6.07, 6.45) is 1.53. The van der Waals surface area contributed by atoms with Crippen LogP contribution in [0.4, 0.5) is 0 Å². The van der Waals surface area contributed by atoms with E-state index in [-0.39, 0.29) is 0 Å². The van der Waals surface area contributed by atoms with E-state index in [0.29, 0.717) is 12.1 Å². The Balaban J connectivity index is 2.17. The van der Waals surface area contributed by atoms with E-state index in [4.69, 9.17) is 4.74 Å². The van der Waals surface area contributed by atoms with Gasteiger partial charge in [-0.05, 0) is 26.2 Å². The van der Waals surface area contributed by atoms with Crippen LogP contribution in [0.1, 0.15) is 34.1 Å². The molecule has 1 rings (SSSR count). The van der Waals surface area contributed by atoms with Crippen LogP contribution in [-0.2, 0) is 4.74 Å². The van der Waals surface area contributed by atoms with Crippen LogP contribution in [0, 0.1) is 5.92 Å². The van der Waals surface area contributed by atoms with Gasteiger partial charge in [-0.1, -0.05) is 25.6 Å². The van der Waals surface area contributed by atoms with E-state index in [0.717, 1.165) is 30.0 Å². The lowest BCUT2D eigenvalue weighted by atomic mass is 10.1. The number of thioether (sulfide) groups is 1. The quantitative estimate of drug-likeness (QED) is 0.729. The van der Waals surface area contributed by atoms with Gasteiger partial charge >= 0.3 is 0 Å². The van der Waals surface area contributed by atoms with Crippen molar-refractivity contribution in [1.82, 2.24) is 5.32 Å². The Labute approximate surface area is 103 Å². The third-order valence-electron chi connectivity index (χ3n) is 2.30. The summed E-state index contributed by atoms with van der Waals surface area (Å²) in [4.78, 5) is 4.50. The third-order valence-corrected chi connectivity index (χ3v) is 3.39. The van der Waals surface area contributed by atoms with Crippen LogP contribution in [0.3, 0.4) is 0 Å². The molecule has 1 aliphatic heterocycles. The van der Waals surface area contributed by atoms with Gasteiger partial charge in [-0.3, -0.25) is 4.99 Å². The molecular formula is C12H24N2OS. The molecule has 0 bridgehead atoms. The normalized spacial score (nSPS) is 23.4. The minimum atomic E-state index is 0.304. The highest BCUT2D eigenvalue weighted by molar-refractivity contribution is 8.14. The summed E-state index contributed by atoms with van der Waals surface area (Å²) < 4.78 is 5.45. The smallest absolute Gasteiger partial charge is 0.156 e. The van der Waals surface area contributed by atoms with Gasteiger partial charge in [0, 0.05) is 11.8 Å². The Morgan fingerprint density at radius 2 is 2.19 bits per heavy atom. The molecule has 1 atom stereocenters. The molecule has 1 fully saturated rings. The minimum Gasteiger partial charge on any atom is -0.377 e. The maximum Gasteiger partial charge on any atom is 0.156 e. The number of ether oxygens (including phenoxy) is 1. The van der Waals surface area contributed by atoms with Crippen LogP contribution >= 0.6 is 11.8 Å². The van der Waals surface area contributed by atoms with Crippen LogP contribution in [0.5, 0.6) is 0 Å². The zero-order chi connectivity index (χ0) is 12.0. The molecule has 1 aliphatic rings. The highest BCUT2D eigenvalue weighted by atomic mass is 32.2. The van der Waals surface area contributed by atoms with Gasteiger partial charge in [-0.25, -0.2) is 0 Å². The van der Waals surface area contributed by atoms with E-state index in [1.165, 1.54) is 6.42 Å². The van der Waals surface area contributed by atoms with Crippen molar-refractivity contribution in [1.29, 1.82) is 0 Å². The second-order valence-corrected chi connectivity index (χ2v) is 5.90. The summed E-state index contributed by atoms with van der Waals surface area (Å²) in [5, 5.41) is 4.56. The predicted molar refractivity (Wildman–Crippen MR) is 72.2 cm³/mol. The first-order valence-electron chi connectivity index (χ1n) is 6.13. The van der Waals surface area contributed by atoms with E-state index in [1.54, 1.807) is 0 Å². The molecule has 0 saturated carbocycles. The van der Waals surface area contributed by atoms with Gasteiger partial charge < -0.3 is 10.1 Å². The standard InChI is InChI=1S/C12H24N2OS/c1-9(2)7-11-8-16-12(14-11)13-5-6-15-10(3)4/h9-11H,5-8H2,1-4H3,(H,13,14). The molecule has 1 unspecified atom stereocenters. The van der Waals surface area contributed by atoms with Crippen LogP contribution in [-0.4, -0.2) is 36.2 Å². The predicted octanol–water partition coefficient (Wildman–Crippen LogP) is 2.52. The lowest BCUT2D eigenvalue weighted by molar-refractivity contribution is 0.0853. The number of aliphatic imine (C=N–C) groups is 1. The zero-order valence-electron chi connectivity index (χ0n) is 10.8. The second-order valence-electron chi connectivity index (χ2n) is 4.89. The molecule has 3 nitrogen and oxygen atoms in total. The fourth-order valence-electron chi connectivity index (χ4n) is 1.66. The Kier molecular flexibility index (Phi) is 6.21. The number of amidine groups is 1. The van der Waals surface area contributed by atoms with Gasteiger partial charge in [0.2, 0.25) is 0 Å². The van der Waals surface area contributed by atoms with Gasteiger partial charge in [0.15, 0.2) is 5.17 Å². The molecule has 0 aromatic carbocycles. The minimum absolute atomic E-state index is 0.304. The van der Waals surface area contributed by atoms with Crippen molar-refractivity contribution in [2.75, 3.05) is 18.9 Å². The van der Waals surface area contributed by atoms with Gasteiger partial charge in [0.25, 0.3) is 0 Å². The molecule has 4 heteroatoms. The zero-order valence-corrected chi connectivity index (χ0v) is 11.6. The summed E-state index contributed by atoms with van der Waals surface area (Å²) in [6, 6.07) is 0.606. The molecule has 1 N–H and O–H groups in total. The molecule has 0 aromatic rings. The van der Waals surface area contributed by atoms with Gasteiger partial charge in [0.1, 0.15) is 0 Å². The van der Waals surface area contributed by atoms with Gasteiger partial charge in [0.05, 0.1) is 19.3 Å². The van der Waals surface area contributed by atoms with Crippen molar-refractivity contribution in [3.05, 3.63) is 0 Å². The van der Waals surface area contributed by atoms with Crippen molar-refractivity contribution in [3.8, 4) is 0 Å². The lowest BCUT2D eigenvalue weighted by Crippen LogP contribution is -2.28. The van der Waals surface area contributed by atoms with E-state index in [9.17, 15) is 0 Å². The SMILES string of the molecule is CC(C)CC1CSC(=NCCOC(C)C)N1. The van der Waals surface area contributed by atoms with Crippen LogP contribution in [0.2, 0.25) is 0 Å². The molecule has 94 valence electrons. The number of nitrogens with zero attached hydrogens (tertiary/aromatic N) is 1. The summed E-state index contributed by atoms with van der Waals surface area (Å²) in [5.74, 6) is 1.91. The topological polar surface area (TPSA) is 33.6 Å². The van der Waals surface area contributed by atoms with Crippen LogP contribution < -0.4 is 5.32 Å². The Morgan fingerprint density at radius 1 is 1.44 bits per heavy atom.